The molecule has 1 unspecified atom stereocenters. The van der Waals surface area contributed by atoms with E-state index >= 15 is 0 Å². The van der Waals surface area contributed by atoms with Crippen molar-refractivity contribution in [1.29, 1.82) is 0 Å². The second kappa shape index (κ2) is 6.35. The summed E-state index contributed by atoms with van der Waals surface area (Å²) in [7, 11) is -3.53. The molecule has 0 fully saturated rings. The van der Waals surface area contributed by atoms with E-state index in [-0.39, 0.29) is 16.9 Å². The third kappa shape index (κ3) is 4.02. The fourth-order valence-electron chi connectivity index (χ4n) is 1.55. The molecule has 0 aliphatic rings. The van der Waals surface area contributed by atoms with Crippen LogP contribution in [0.4, 0.5) is 0 Å². The Balaban J connectivity index is 3.25. The molecule has 108 valence electrons. The number of rotatable bonds is 5. The fraction of sp³-hybridized carbons (Fsp3) is 0.538. The molecular formula is C13H21BrN2O2S. The van der Waals surface area contributed by atoms with Crippen LogP contribution < -0.4 is 10.5 Å². The molecule has 0 spiro atoms. The van der Waals surface area contributed by atoms with Gasteiger partial charge in [-0.1, -0.05) is 29.8 Å². The standard InChI is InChI=1S/C13H21BrN2O2S/c1-8(2)10(4)16-19(17,18)13-6-11(7-15)5-12(14)9(13)3/h5-6,8,10,16H,7,15H2,1-4H3. The molecule has 0 aliphatic heterocycles. The summed E-state index contributed by atoms with van der Waals surface area (Å²) in [5.74, 6) is 0.233. The van der Waals surface area contributed by atoms with Gasteiger partial charge >= 0.3 is 0 Å². The number of hydrogen-bond acceptors (Lipinski definition) is 3. The minimum atomic E-state index is -3.53. The van der Waals surface area contributed by atoms with Crippen molar-refractivity contribution in [3.63, 3.8) is 0 Å². The number of nitrogens with one attached hydrogen (secondary N) is 1. The summed E-state index contributed by atoms with van der Waals surface area (Å²) in [6.45, 7) is 7.90. The van der Waals surface area contributed by atoms with Crippen LogP contribution in [0, 0.1) is 12.8 Å². The number of sulfonamides is 1. The van der Waals surface area contributed by atoms with Gasteiger partial charge in [0.1, 0.15) is 0 Å². The zero-order chi connectivity index (χ0) is 14.8. The fourth-order valence-corrected chi connectivity index (χ4v) is 3.90. The third-order valence-electron chi connectivity index (χ3n) is 3.22. The molecular weight excluding hydrogens is 328 g/mol. The molecule has 1 atom stereocenters. The van der Waals surface area contributed by atoms with Gasteiger partial charge in [0, 0.05) is 17.1 Å². The van der Waals surface area contributed by atoms with Crippen molar-refractivity contribution in [3.8, 4) is 0 Å². The highest BCUT2D eigenvalue weighted by atomic mass is 79.9. The average Bonchev–Trinajstić information content (AvgIpc) is 2.31. The molecule has 0 amide bonds. The van der Waals surface area contributed by atoms with E-state index in [1.165, 1.54) is 0 Å². The van der Waals surface area contributed by atoms with Gasteiger partial charge in [-0.25, -0.2) is 13.1 Å². The molecule has 1 rings (SSSR count). The van der Waals surface area contributed by atoms with Crippen molar-refractivity contribution >= 4 is 26.0 Å². The van der Waals surface area contributed by atoms with E-state index < -0.39 is 10.0 Å². The highest BCUT2D eigenvalue weighted by Crippen LogP contribution is 2.26. The molecule has 0 bridgehead atoms. The molecule has 0 heterocycles. The van der Waals surface area contributed by atoms with Gasteiger partial charge in [0.05, 0.1) is 4.90 Å². The van der Waals surface area contributed by atoms with Crippen LogP contribution in [-0.2, 0) is 16.6 Å². The van der Waals surface area contributed by atoms with E-state index in [9.17, 15) is 8.42 Å². The molecule has 0 aliphatic carbocycles. The summed E-state index contributed by atoms with van der Waals surface area (Å²) in [5.41, 5.74) is 7.08. The maximum atomic E-state index is 12.4. The first-order chi connectivity index (χ1) is 8.69. The average molecular weight is 349 g/mol. The lowest BCUT2D eigenvalue weighted by Crippen LogP contribution is -2.36. The van der Waals surface area contributed by atoms with Crippen molar-refractivity contribution in [3.05, 3.63) is 27.7 Å². The molecule has 3 N–H and O–H groups in total. The van der Waals surface area contributed by atoms with E-state index in [2.05, 4.69) is 20.7 Å². The molecule has 0 saturated carbocycles. The Morgan fingerprint density at radius 1 is 1.32 bits per heavy atom. The Hall–Kier alpha value is -0.430. The van der Waals surface area contributed by atoms with E-state index in [0.29, 0.717) is 12.1 Å². The first kappa shape index (κ1) is 16.6. The lowest BCUT2D eigenvalue weighted by atomic mass is 10.1. The summed E-state index contributed by atoms with van der Waals surface area (Å²) >= 11 is 3.38. The van der Waals surface area contributed by atoms with E-state index in [1.807, 2.05) is 26.8 Å². The molecule has 0 saturated heterocycles. The summed E-state index contributed by atoms with van der Waals surface area (Å²) in [6.07, 6.45) is 0. The molecule has 4 nitrogen and oxygen atoms in total. The van der Waals surface area contributed by atoms with Crippen molar-refractivity contribution < 1.29 is 8.42 Å². The van der Waals surface area contributed by atoms with Gasteiger partial charge in [-0.3, -0.25) is 0 Å². The van der Waals surface area contributed by atoms with Crippen LogP contribution in [0.3, 0.4) is 0 Å². The Labute approximate surface area is 124 Å². The summed E-state index contributed by atoms with van der Waals surface area (Å²) in [5, 5.41) is 0. The van der Waals surface area contributed by atoms with Crippen LogP contribution in [0.15, 0.2) is 21.5 Å². The van der Waals surface area contributed by atoms with Crippen molar-refractivity contribution in [2.45, 2.75) is 45.2 Å². The van der Waals surface area contributed by atoms with E-state index in [4.69, 9.17) is 5.73 Å². The zero-order valence-corrected chi connectivity index (χ0v) is 14.1. The zero-order valence-electron chi connectivity index (χ0n) is 11.7. The van der Waals surface area contributed by atoms with Crippen LogP contribution in [0.2, 0.25) is 0 Å². The summed E-state index contributed by atoms with van der Waals surface area (Å²) in [6, 6.07) is 3.36. The normalized spacial score (nSPS) is 13.8. The van der Waals surface area contributed by atoms with Gasteiger partial charge < -0.3 is 5.73 Å². The number of halogens is 1. The molecule has 0 radical (unpaired) electrons. The Morgan fingerprint density at radius 2 is 1.89 bits per heavy atom. The molecule has 1 aromatic rings. The molecule has 6 heteroatoms. The minimum absolute atomic E-state index is 0.121. The van der Waals surface area contributed by atoms with Crippen LogP contribution in [0.5, 0.6) is 0 Å². The van der Waals surface area contributed by atoms with Crippen molar-refractivity contribution in [2.24, 2.45) is 11.7 Å². The van der Waals surface area contributed by atoms with Gasteiger partial charge in [0.15, 0.2) is 0 Å². The monoisotopic (exact) mass is 348 g/mol. The van der Waals surface area contributed by atoms with Crippen LogP contribution in [-0.4, -0.2) is 14.5 Å². The van der Waals surface area contributed by atoms with E-state index in [0.717, 1.165) is 10.0 Å². The topological polar surface area (TPSA) is 72.2 Å². The molecule has 0 aromatic heterocycles. The van der Waals surface area contributed by atoms with Gasteiger partial charge in [-0.05, 0) is 43.0 Å². The first-order valence-electron chi connectivity index (χ1n) is 6.20. The number of nitrogens with two attached hydrogens (primary N) is 1. The number of benzene rings is 1. The second-order valence-corrected chi connectivity index (χ2v) is 7.60. The lowest BCUT2D eigenvalue weighted by molar-refractivity contribution is 0.476. The Bertz CT molecular complexity index is 556. The maximum absolute atomic E-state index is 12.4. The highest BCUT2D eigenvalue weighted by Gasteiger charge is 2.22. The Kier molecular flexibility index (Phi) is 5.55. The van der Waals surface area contributed by atoms with Crippen LogP contribution in [0.25, 0.3) is 0 Å². The largest absolute Gasteiger partial charge is 0.326 e. The molecule has 1 aromatic carbocycles. The van der Waals surface area contributed by atoms with Gasteiger partial charge in [0.25, 0.3) is 0 Å². The highest BCUT2D eigenvalue weighted by molar-refractivity contribution is 9.10. The third-order valence-corrected chi connectivity index (χ3v) is 5.73. The summed E-state index contributed by atoms with van der Waals surface area (Å²) in [4.78, 5) is 0.287. The van der Waals surface area contributed by atoms with Crippen LogP contribution >= 0.6 is 15.9 Å². The first-order valence-corrected chi connectivity index (χ1v) is 8.48. The number of hydrogen-bond donors (Lipinski definition) is 2. The maximum Gasteiger partial charge on any atom is 0.241 e. The predicted molar refractivity (Wildman–Crippen MR) is 81.4 cm³/mol. The Morgan fingerprint density at radius 3 is 2.37 bits per heavy atom. The summed E-state index contributed by atoms with van der Waals surface area (Å²) < 4.78 is 28.3. The molecule has 19 heavy (non-hydrogen) atoms. The minimum Gasteiger partial charge on any atom is -0.326 e. The van der Waals surface area contributed by atoms with Gasteiger partial charge in [-0.15, -0.1) is 0 Å². The van der Waals surface area contributed by atoms with Gasteiger partial charge in [-0.2, -0.15) is 0 Å². The van der Waals surface area contributed by atoms with Gasteiger partial charge in [0.2, 0.25) is 10.0 Å². The SMILES string of the molecule is Cc1c(Br)cc(CN)cc1S(=O)(=O)NC(C)C(C)C. The van der Waals surface area contributed by atoms with Crippen LogP contribution in [0.1, 0.15) is 31.9 Å². The smallest absolute Gasteiger partial charge is 0.241 e. The van der Waals surface area contributed by atoms with E-state index in [1.54, 1.807) is 13.0 Å². The predicted octanol–water partition coefficient (Wildman–Crippen LogP) is 2.54. The second-order valence-electron chi connectivity index (χ2n) is 5.06. The quantitative estimate of drug-likeness (QED) is 0.858. The lowest BCUT2D eigenvalue weighted by Gasteiger charge is -2.19. The van der Waals surface area contributed by atoms with Crippen molar-refractivity contribution in [2.75, 3.05) is 0 Å². The van der Waals surface area contributed by atoms with Crippen molar-refractivity contribution in [1.82, 2.24) is 4.72 Å².